The van der Waals surface area contributed by atoms with Crippen molar-refractivity contribution < 1.29 is 19.7 Å². The van der Waals surface area contributed by atoms with Gasteiger partial charge in [-0.1, -0.05) is 39.2 Å². The molecule has 0 radical (unpaired) electrons. The molecule has 1 rings (SSSR count). The Bertz CT molecular complexity index is 699. The molecule has 0 aliphatic rings. The van der Waals surface area contributed by atoms with Crippen molar-refractivity contribution in [2.75, 3.05) is 0 Å². The highest BCUT2D eigenvalue weighted by atomic mass is 16.6. The molecule has 0 saturated carbocycles. The standard InChI is InChI=1S/C18H24N2O6/c1-3-5-6-8-13(4-2)16-11-14(19(23)24)12-17(20(25)26)15(16)9-7-10-18(21)22/h7,10-13H,3-6,8-9H2,1-2H3,(H,21,22). The summed E-state index contributed by atoms with van der Waals surface area (Å²) in [6.45, 7) is 4.01. The van der Waals surface area contributed by atoms with Gasteiger partial charge in [-0.25, -0.2) is 4.79 Å². The Balaban J connectivity index is 3.46. The molecule has 1 N–H and O–H groups in total. The summed E-state index contributed by atoms with van der Waals surface area (Å²) < 4.78 is 0. The largest absolute Gasteiger partial charge is 0.478 e. The highest BCUT2D eigenvalue weighted by Gasteiger charge is 2.26. The minimum atomic E-state index is -1.15. The van der Waals surface area contributed by atoms with Crippen molar-refractivity contribution in [2.45, 2.75) is 58.3 Å². The minimum Gasteiger partial charge on any atom is -0.478 e. The van der Waals surface area contributed by atoms with E-state index in [1.165, 1.54) is 12.1 Å². The maximum absolute atomic E-state index is 11.5. The zero-order valence-electron chi connectivity index (χ0n) is 15.0. The Hall–Kier alpha value is -2.77. The fourth-order valence-electron chi connectivity index (χ4n) is 3.02. The van der Waals surface area contributed by atoms with Crippen LogP contribution in [0.2, 0.25) is 0 Å². The Kier molecular flexibility index (Phi) is 8.41. The lowest BCUT2D eigenvalue weighted by molar-refractivity contribution is -0.394. The Morgan fingerprint density at radius 2 is 1.88 bits per heavy atom. The maximum atomic E-state index is 11.5. The average Bonchev–Trinajstić information content (AvgIpc) is 2.58. The zero-order valence-corrected chi connectivity index (χ0v) is 15.0. The molecule has 1 atom stereocenters. The van der Waals surface area contributed by atoms with Gasteiger partial charge in [-0.15, -0.1) is 0 Å². The van der Waals surface area contributed by atoms with Gasteiger partial charge < -0.3 is 5.11 Å². The lowest BCUT2D eigenvalue weighted by Crippen LogP contribution is -2.07. The molecule has 8 nitrogen and oxygen atoms in total. The van der Waals surface area contributed by atoms with E-state index in [2.05, 4.69) is 6.92 Å². The van der Waals surface area contributed by atoms with Crippen molar-refractivity contribution in [1.82, 2.24) is 0 Å². The van der Waals surface area contributed by atoms with Crippen LogP contribution in [0.25, 0.3) is 0 Å². The molecule has 0 spiro atoms. The minimum absolute atomic E-state index is 0.0419. The zero-order chi connectivity index (χ0) is 19.7. The molecule has 142 valence electrons. The number of hydrogen-bond donors (Lipinski definition) is 1. The third-order valence-corrected chi connectivity index (χ3v) is 4.32. The number of rotatable bonds is 11. The summed E-state index contributed by atoms with van der Waals surface area (Å²) in [5, 5.41) is 31.4. The summed E-state index contributed by atoms with van der Waals surface area (Å²) in [6, 6.07) is 2.35. The van der Waals surface area contributed by atoms with E-state index >= 15 is 0 Å². The van der Waals surface area contributed by atoms with E-state index in [4.69, 9.17) is 5.11 Å². The van der Waals surface area contributed by atoms with Gasteiger partial charge in [0.2, 0.25) is 0 Å². The summed E-state index contributed by atoms with van der Waals surface area (Å²) in [4.78, 5) is 32.1. The second kappa shape index (κ2) is 10.3. The number of nitrogens with zero attached hydrogens (tertiary/aromatic N) is 2. The predicted molar refractivity (Wildman–Crippen MR) is 97.4 cm³/mol. The lowest BCUT2D eigenvalue weighted by Gasteiger charge is -2.18. The number of benzene rings is 1. The van der Waals surface area contributed by atoms with Gasteiger partial charge in [0, 0.05) is 17.7 Å². The van der Waals surface area contributed by atoms with Gasteiger partial charge in [-0.2, -0.15) is 0 Å². The molecular formula is C18H24N2O6. The molecule has 1 unspecified atom stereocenters. The fourth-order valence-corrected chi connectivity index (χ4v) is 3.02. The molecular weight excluding hydrogens is 340 g/mol. The molecule has 0 aliphatic heterocycles. The number of nitro groups is 2. The van der Waals surface area contributed by atoms with E-state index in [1.807, 2.05) is 6.92 Å². The molecule has 0 aliphatic carbocycles. The normalized spacial score (nSPS) is 12.2. The van der Waals surface area contributed by atoms with Crippen molar-refractivity contribution in [1.29, 1.82) is 0 Å². The number of aliphatic carboxylic acids is 1. The summed E-state index contributed by atoms with van der Waals surface area (Å²) >= 11 is 0. The van der Waals surface area contributed by atoms with Crippen LogP contribution in [0.1, 0.15) is 63.0 Å². The SMILES string of the molecule is CCCCCC(CC)c1cc([N+](=O)[O-])cc([N+](=O)[O-])c1CC=CC(=O)O. The molecule has 0 saturated heterocycles. The molecule has 8 heteroatoms. The van der Waals surface area contributed by atoms with E-state index in [9.17, 15) is 25.0 Å². The molecule has 0 aromatic heterocycles. The number of carboxylic acids is 1. The number of carboxylic acid groups (broad SMARTS) is 1. The highest BCUT2D eigenvalue weighted by molar-refractivity contribution is 5.79. The first-order valence-electron chi connectivity index (χ1n) is 8.66. The summed E-state index contributed by atoms with van der Waals surface area (Å²) in [6.07, 6.45) is 6.74. The van der Waals surface area contributed by atoms with Crippen LogP contribution in [0.5, 0.6) is 0 Å². The molecule has 0 fully saturated rings. The second-order valence-corrected chi connectivity index (χ2v) is 6.09. The van der Waals surface area contributed by atoms with E-state index in [0.29, 0.717) is 17.5 Å². The van der Waals surface area contributed by atoms with Crippen molar-refractivity contribution in [3.05, 3.63) is 55.6 Å². The lowest BCUT2D eigenvalue weighted by atomic mass is 9.85. The highest BCUT2D eigenvalue weighted by Crippen LogP contribution is 2.37. The van der Waals surface area contributed by atoms with Gasteiger partial charge in [0.25, 0.3) is 11.4 Å². The molecule has 0 amide bonds. The van der Waals surface area contributed by atoms with Crippen LogP contribution < -0.4 is 0 Å². The van der Waals surface area contributed by atoms with Crippen LogP contribution in [0.3, 0.4) is 0 Å². The second-order valence-electron chi connectivity index (χ2n) is 6.09. The summed E-state index contributed by atoms with van der Waals surface area (Å²) in [5.41, 5.74) is 0.269. The molecule has 1 aromatic carbocycles. The van der Waals surface area contributed by atoms with Gasteiger partial charge in [-0.3, -0.25) is 20.2 Å². The van der Waals surface area contributed by atoms with Crippen LogP contribution in [0, 0.1) is 20.2 Å². The maximum Gasteiger partial charge on any atom is 0.327 e. The number of unbranched alkanes of at least 4 members (excludes halogenated alkanes) is 2. The van der Waals surface area contributed by atoms with Crippen molar-refractivity contribution in [2.24, 2.45) is 0 Å². The predicted octanol–water partition coefficient (Wildman–Crippen LogP) is 4.76. The first kappa shape index (κ1) is 21.3. The quantitative estimate of drug-likeness (QED) is 0.261. The third kappa shape index (κ3) is 5.94. The summed E-state index contributed by atoms with van der Waals surface area (Å²) in [5.74, 6) is -1.19. The molecule has 0 bridgehead atoms. The van der Waals surface area contributed by atoms with Gasteiger partial charge in [-0.05, 0) is 30.7 Å². The van der Waals surface area contributed by atoms with Gasteiger partial charge in [0.1, 0.15) is 0 Å². The van der Waals surface area contributed by atoms with Crippen LogP contribution in [0.15, 0.2) is 24.3 Å². The van der Waals surface area contributed by atoms with Crippen LogP contribution in [0.4, 0.5) is 11.4 Å². The van der Waals surface area contributed by atoms with E-state index in [-0.39, 0.29) is 23.7 Å². The Labute approximate surface area is 151 Å². The van der Waals surface area contributed by atoms with E-state index in [0.717, 1.165) is 37.8 Å². The molecule has 26 heavy (non-hydrogen) atoms. The van der Waals surface area contributed by atoms with Gasteiger partial charge >= 0.3 is 5.97 Å². The first-order valence-corrected chi connectivity index (χ1v) is 8.66. The number of non-ortho nitro benzene ring substituents is 1. The third-order valence-electron chi connectivity index (χ3n) is 4.32. The fraction of sp³-hybridized carbons (Fsp3) is 0.500. The van der Waals surface area contributed by atoms with E-state index in [1.54, 1.807) is 0 Å². The van der Waals surface area contributed by atoms with Gasteiger partial charge in [0.15, 0.2) is 0 Å². The summed E-state index contributed by atoms with van der Waals surface area (Å²) in [7, 11) is 0. The van der Waals surface area contributed by atoms with Crippen LogP contribution in [-0.4, -0.2) is 20.9 Å². The topological polar surface area (TPSA) is 124 Å². The molecule has 0 heterocycles. The van der Waals surface area contributed by atoms with Crippen LogP contribution >= 0.6 is 0 Å². The van der Waals surface area contributed by atoms with E-state index < -0.39 is 15.8 Å². The average molecular weight is 364 g/mol. The monoisotopic (exact) mass is 364 g/mol. The Morgan fingerprint density at radius 3 is 2.38 bits per heavy atom. The van der Waals surface area contributed by atoms with Crippen molar-refractivity contribution >= 4 is 17.3 Å². The Morgan fingerprint density at radius 1 is 1.19 bits per heavy atom. The van der Waals surface area contributed by atoms with Crippen molar-refractivity contribution in [3.63, 3.8) is 0 Å². The first-order chi connectivity index (χ1) is 12.3. The number of allylic oxidation sites excluding steroid dienone is 1. The number of hydrogen-bond acceptors (Lipinski definition) is 5. The smallest absolute Gasteiger partial charge is 0.327 e. The van der Waals surface area contributed by atoms with Crippen molar-refractivity contribution in [3.8, 4) is 0 Å². The number of nitro benzene ring substituents is 2. The van der Waals surface area contributed by atoms with Gasteiger partial charge in [0.05, 0.1) is 15.9 Å². The number of carbonyl (C=O) groups is 1. The van der Waals surface area contributed by atoms with Crippen LogP contribution in [-0.2, 0) is 11.2 Å². The molecule has 1 aromatic rings.